The molecular formula is C20H34N2O2. The van der Waals surface area contributed by atoms with Crippen LogP contribution in [0.5, 0.6) is 0 Å². The van der Waals surface area contributed by atoms with Gasteiger partial charge in [0, 0.05) is 32.7 Å². The highest BCUT2D eigenvalue weighted by Crippen LogP contribution is 2.59. The average Bonchev–Trinajstić information content (AvgIpc) is 2.92. The molecule has 1 saturated heterocycles. The van der Waals surface area contributed by atoms with Crippen molar-refractivity contribution in [2.24, 2.45) is 17.3 Å². The molecule has 3 atom stereocenters. The Kier molecular flexibility index (Phi) is 5.66. The number of methoxy groups -OCH3 is 1. The predicted molar refractivity (Wildman–Crippen MR) is 96.8 cm³/mol. The van der Waals surface area contributed by atoms with Gasteiger partial charge in [0.1, 0.15) is 0 Å². The third-order valence-electron chi connectivity index (χ3n) is 6.81. The highest BCUT2D eigenvalue weighted by molar-refractivity contribution is 5.78. The van der Waals surface area contributed by atoms with E-state index in [1.807, 2.05) is 0 Å². The summed E-state index contributed by atoms with van der Waals surface area (Å²) in [7, 11) is 1.73. The second-order valence-electron chi connectivity index (χ2n) is 8.38. The van der Waals surface area contributed by atoms with Gasteiger partial charge in [-0.15, -0.1) is 0 Å². The van der Waals surface area contributed by atoms with Crippen molar-refractivity contribution in [3.05, 3.63) is 11.6 Å². The zero-order valence-electron chi connectivity index (χ0n) is 15.6. The molecule has 0 aromatic carbocycles. The lowest BCUT2D eigenvalue weighted by Crippen LogP contribution is -2.48. The molecule has 4 nitrogen and oxygen atoms in total. The Morgan fingerprint density at radius 3 is 2.92 bits per heavy atom. The Morgan fingerprint density at radius 1 is 1.38 bits per heavy atom. The number of likely N-dealkylation sites (tertiary alicyclic amines) is 1. The predicted octanol–water partition coefficient (Wildman–Crippen LogP) is 2.99. The summed E-state index contributed by atoms with van der Waals surface area (Å²) in [4.78, 5) is 14.4. The van der Waals surface area contributed by atoms with Crippen molar-refractivity contribution >= 4 is 5.91 Å². The second kappa shape index (κ2) is 7.57. The number of fused-ring (bicyclic) bond motifs is 1. The first-order valence-electron chi connectivity index (χ1n) is 9.72. The summed E-state index contributed by atoms with van der Waals surface area (Å²) in [6.45, 7) is 8.38. The lowest BCUT2D eigenvalue weighted by Gasteiger charge is -2.56. The number of nitrogens with zero attached hydrogens (tertiary/aromatic N) is 1. The van der Waals surface area contributed by atoms with Gasteiger partial charge in [0.25, 0.3) is 0 Å². The number of hydrogen-bond acceptors (Lipinski definition) is 3. The molecule has 1 N–H and O–H groups in total. The van der Waals surface area contributed by atoms with Crippen LogP contribution >= 0.6 is 0 Å². The molecule has 24 heavy (non-hydrogen) atoms. The molecule has 1 aliphatic heterocycles. The largest absolute Gasteiger partial charge is 0.383 e. The van der Waals surface area contributed by atoms with Crippen molar-refractivity contribution in [3.8, 4) is 0 Å². The van der Waals surface area contributed by atoms with Gasteiger partial charge < -0.3 is 15.0 Å². The number of amides is 1. The number of carbonyl (C=O) groups is 1. The van der Waals surface area contributed by atoms with E-state index >= 15 is 0 Å². The molecule has 1 unspecified atom stereocenters. The fraction of sp³-hybridized carbons (Fsp3) is 0.850. The van der Waals surface area contributed by atoms with Crippen molar-refractivity contribution in [2.75, 3.05) is 33.4 Å². The molecule has 2 bridgehead atoms. The maximum absolute atomic E-state index is 12.3. The van der Waals surface area contributed by atoms with E-state index in [1.165, 1.54) is 12.8 Å². The standard InChI is InChI=1S/C20H34N2O2/c1-20(2)16-5-4-15(18(20)14-16)9-12-22-17(6-7-19(22)23)8-10-21-11-13-24-3/h4,16-18,21H,5-14H2,1-3H3/t16-,17?,18-/m0/s1. The van der Waals surface area contributed by atoms with E-state index in [2.05, 4.69) is 30.1 Å². The van der Waals surface area contributed by atoms with Crippen LogP contribution in [0.4, 0.5) is 0 Å². The molecule has 4 aliphatic rings. The van der Waals surface area contributed by atoms with E-state index < -0.39 is 0 Å². The van der Waals surface area contributed by atoms with Crippen molar-refractivity contribution < 1.29 is 9.53 Å². The Labute approximate surface area is 147 Å². The van der Waals surface area contributed by atoms with Gasteiger partial charge in [-0.1, -0.05) is 25.5 Å². The third kappa shape index (κ3) is 3.55. The first-order valence-corrected chi connectivity index (χ1v) is 9.72. The molecule has 1 amide bonds. The molecule has 0 spiro atoms. The number of nitrogens with one attached hydrogen (secondary N) is 1. The van der Waals surface area contributed by atoms with Gasteiger partial charge in [0.2, 0.25) is 5.91 Å². The van der Waals surface area contributed by atoms with Crippen LogP contribution in [0, 0.1) is 17.3 Å². The monoisotopic (exact) mass is 334 g/mol. The number of hydrogen-bond donors (Lipinski definition) is 1. The van der Waals surface area contributed by atoms with E-state index in [4.69, 9.17) is 4.74 Å². The average molecular weight is 335 g/mol. The Hall–Kier alpha value is -0.870. The topological polar surface area (TPSA) is 41.6 Å². The fourth-order valence-electron chi connectivity index (χ4n) is 4.98. The van der Waals surface area contributed by atoms with Gasteiger partial charge in [0.15, 0.2) is 0 Å². The minimum atomic E-state index is 0.360. The van der Waals surface area contributed by atoms with Crippen LogP contribution < -0.4 is 5.32 Å². The first-order chi connectivity index (χ1) is 11.5. The number of carbonyl (C=O) groups excluding carboxylic acids is 1. The van der Waals surface area contributed by atoms with Crippen LogP contribution in [-0.2, 0) is 9.53 Å². The van der Waals surface area contributed by atoms with E-state index in [9.17, 15) is 4.79 Å². The summed E-state index contributed by atoms with van der Waals surface area (Å²) in [5.41, 5.74) is 2.11. The maximum Gasteiger partial charge on any atom is 0.222 e. The quantitative estimate of drug-likeness (QED) is 0.521. The molecule has 0 radical (unpaired) electrons. The van der Waals surface area contributed by atoms with Gasteiger partial charge in [0.05, 0.1) is 6.61 Å². The Morgan fingerprint density at radius 2 is 2.21 bits per heavy atom. The zero-order valence-corrected chi connectivity index (χ0v) is 15.6. The summed E-state index contributed by atoms with van der Waals surface area (Å²) >= 11 is 0. The van der Waals surface area contributed by atoms with E-state index in [0.29, 0.717) is 17.4 Å². The normalized spacial score (nSPS) is 31.1. The van der Waals surface area contributed by atoms with Gasteiger partial charge in [-0.05, 0) is 55.9 Å². The molecule has 0 aromatic heterocycles. The van der Waals surface area contributed by atoms with Crippen molar-refractivity contribution in [1.82, 2.24) is 10.2 Å². The molecule has 4 heteroatoms. The number of ether oxygens (including phenoxy) is 1. The lowest BCUT2D eigenvalue weighted by atomic mass is 9.48. The summed E-state index contributed by atoms with van der Waals surface area (Å²) in [5, 5.41) is 3.40. The van der Waals surface area contributed by atoms with Gasteiger partial charge in [-0.25, -0.2) is 0 Å². The molecule has 3 aliphatic carbocycles. The molecule has 0 aromatic rings. The Bertz CT molecular complexity index is 486. The molecule has 136 valence electrons. The zero-order chi connectivity index (χ0) is 17.2. The molecule has 4 rings (SSSR count). The minimum absolute atomic E-state index is 0.360. The van der Waals surface area contributed by atoms with E-state index in [1.54, 1.807) is 12.7 Å². The lowest BCUT2D eigenvalue weighted by molar-refractivity contribution is -0.129. The molecular weight excluding hydrogens is 300 g/mol. The van der Waals surface area contributed by atoms with Crippen LogP contribution in [0.25, 0.3) is 0 Å². The van der Waals surface area contributed by atoms with Gasteiger partial charge in [-0.3, -0.25) is 4.79 Å². The van der Waals surface area contributed by atoms with Gasteiger partial charge >= 0.3 is 0 Å². The molecule has 1 heterocycles. The minimum Gasteiger partial charge on any atom is -0.383 e. The highest BCUT2D eigenvalue weighted by atomic mass is 16.5. The summed E-state index contributed by atoms with van der Waals surface area (Å²) < 4.78 is 5.06. The second-order valence-corrected chi connectivity index (χ2v) is 8.38. The smallest absolute Gasteiger partial charge is 0.222 e. The SMILES string of the molecule is COCCNCCC1CCC(=O)N1CCC1=CC[C@H]2C[C@@H]1C2(C)C. The summed E-state index contributed by atoms with van der Waals surface area (Å²) in [5.74, 6) is 2.02. The van der Waals surface area contributed by atoms with Crippen molar-refractivity contribution in [1.29, 1.82) is 0 Å². The molecule has 2 fully saturated rings. The van der Waals surface area contributed by atoms with Crippen LogP contribution in [0.15, 0.2) is 11.6 Å². The van der Waals surface area contributed by atoms with Crippen LogP contribution in [-0.4, -0.2) is 50.2 Å². The van der Waals surface area contributed by atoms with Crippen molar-refractivity contribution in [2.45, 2.75) is 58.4 Å². The first kappa shape index (κ1) is 17.9. The van der Waals surface area contributed by atoms with Gasteiger partial charge in [-0.2, -0.15) is 0 Å². The summed E-state index contributed by atoms with van der Waals surface area (Å²) in [6, 6.07) is 0.430. The fourth-order valence-corrected chi connectivity index (χ4v) is 4.98. The van der Waals surface area contributed by atoms with Crippen molar-refractivity contribution in [3.63, 3.8) is 0 Å². The van der Waals surface area contributed by atoms with Crippen LogP contribution in [0.2, 0.25) is 0 Å². The van der Waals surface area contributed by atoms with Crippen LogP contribution in [0.3, 0.4) is 0 Å². The maximum atomic E-state index is 12.3. The Balaban J connectivity index is 1.46. The highest BCUT2D eigenvalue weighted by Gasteiger charge is 2.50. The number of rotatable bonds is 9. The number of allylic oxidation sites excluding steroid dienone is 1. The van der Waals surface area contributed by atoms with E-state index in [-0.39, 0.29) is 0 Å². The van der Waals surface area contributed by atoms with Crippen LogP contribution in [0.1, 0.15) is 52.4 Å². The summed E-state index contributed by atoms with van der Waals surface area (Å²) in [6.07, 6.45) is 9.01. The molecule has 1 saturated carbocycles. The third-order valence-corrected chi connectivity index (χ3v) is 6.81. The van der Waals surface area contributed by atoms with E-state index in [0.717, 1.165) is 63.8 Å².